The van der Waals surface area contributed by atoms with Gasteiger partial charge in [-0.1, -0.05) is 20.8 Å². The highest BCUT2D eigenvalue weighted by atomic mass is 32.1. The van der Waals surface area contributed by atoms with Crippen molar-refractivity contribution in [3.8, 4) is 0 Å². The van der Waals surface area contributed by atoms with Crippen molar-refractivity contribution in [2.24, 2.45) is 11.8 Å². The average Bonchev–Trinajstić information content (AvgIpc) is 3.59. The number of hydrogen-bond donors (Lipinski definition) is 7. The smallest absolute Gasteiger partial charge is 0.303 e. The van der Waals surface area contributed by atoms with Gasteiger partial charge in [0, 0.05) is 76.8 Å². The van der Waals surface area contributed by atoms with Gasteiger partial charge in [0.1, 0.15) is 0 Å². The molecule has 0 bridgehead atoms. The Balaban J connectivity index is 1.75. The molecular weight excluding hydrogens is 580 g/mol. The van der Waals surface area contributed by atoms with Crippen LogP contribution in [0.15, 0.2) is 16.8 Å². The lowest BCUT2D eigenvalue weighted by molar-refractivity contribution is -0.138. The van der Waals surface area contributed by atoms with E-state index in [9.17, 15) is 29.4 Å². The topological polar surface area (TPSA) is 164 Å². The Labute approximate surface area is 263 Å². The van der Waals surface area contributed by atoms with Crippen LogP contribution in [-0.4, -0.2) is 55.2 Å². The van der Waals surface area contributed by atoms with Crippen LogP contribution in [0.25, 0.3) is 6.08 Å². The first-order valence-electron chi connectivity index (χ1n) is 15.3. The van der Waals surface area contributed by atoms with Crippen molar-refractivity contribution in [3.63, 3.8) is 0 Å². The van der Waals surface area contributed by atoms with Crippen molar-refractivity contribution in [2.75, 3.05) is 0 Å². The quantitative estimate of drug-likeness (QED) is 0.163. The van der Waals surface area contributed by atoms with Crippen LogP contribution >= 0.6 is 12.6 Å². The third-order valence-corrected chi connectivity index (χ3v) is 9.67. The van der Waals surface area contributed by atoms with E-state index in [2.05, 4.69) is 33.2 Å². The zero-order chi connectivity index (χ0) is 32.5. The molecule has 4 heterocycles. The third kappa shape index (κ3) is 6.82. The molecule has 10 nitrogen and oxygen atoms in total. The molecule has 2 aliphatic rings. The number of carboxylic acid groups (broad SMARTS) is 2. The van der Waals surface area contributed by atoms with E-state index in [4.69, 9.17) is 0 Å². The lowest BCUT2D eigenvalue weighted by Crippen LogP contribution is -2.30. The van der Waals surface area contributed by atoms with Gasteiger partial charge in [0.15, 0.2) is 0 Å². The van der Waals surface area contributed by atoms with Crippen molar-refractivity contribution in [1.82, 2.24) is 20.6 Å². The molecule has 1 saturated heterocycles. The molecule has 44 heavy (non-hydrogen) atoms. The zero-order valence-electron chi connectivity index (χ0n) is 26.3. The maximum absolute atomic E-state index is 12.5. The third-order valence-electron chi connectivity index (χ3n) is 9.35. The predicted molar refractivity (Wildman–Crippen MR) is 172 cm³/mol. The van der Waals surface area contributed by atoms with Crippen molar-refractivity contribution in [2.45, 2.75) is 97.8 Å². The van der Waals surface area contributed by atoms with Gasteiger partial charge in [-0.15, -0.1) is 0 Å². The second-order valence-corrected chi connectivity index (χ2v) is 13.0. The molecule has 2 aliphatic heterocycles. The van der Waals surface area contributed by atoms with Crippen molar-refractivity contribution >= 4 is 42.5 Å². The fourth-order valence-corrected chi connectivity index (χ4v) is 7.19. The summed E-state index contributed by atoms with van der Waals surface area (Å²) in [6, 6.07) is -0.141. The molecule has 0 spiro atoms. The summed E-state index contributed by atoms with van der Waals surface area (Å²) in [5, 5.41) is 25.0. The summed E-state index contributed by atoms with van der Waals surface area (Å²) in [6.45, 7) is 11.7. The Kier molecular flexibility index (Phi) is 10.2. The van der Waals surface area contributed by atoms with Gasteiger partial charge in [0.2, 0.25) is 11.8 Å². The molecule has 0 aromatic carbocycles. The fraction of sp³-hybridized carbons (Fsp3) is 0.515. The minimum atomic E-state index is -0.897. The van der Waals surface area contributed by atoms with Crippen LogP contribution in [0.4, 0.5) is 0 Å². The molecule has 2 amide bonds. The van der Waals surface area contributed by atoms with Gasteiger partial charge in [-0.25, -0.2) is 0 Å². The molecular formula is C33H44N4O6S. The van der Waals surface area contributed by atoms with E-state index >= 15 is 0 Å². The lowest BCUT2D eigenvalue weighted by Gasteiger charge is -2.17. The van der Waals surface area contributed by atoms with Crippen molar-refractivity contribution in [1.29, 1.82) is 0 Å². The highest BCUT2D eigenvalue weighted by Crippen LogP contribution is 2.35. The predicted octanol–water partition coefficient (Wildman–Crippen LogP) is 4.39. The van der Waals surface area contributed by atoms with E-state index < -0.39 is 11.9 Å². The molecule has 0 saturated carbocycles. The summed E-state index contributed by atoms with van der Waals surface area (Å²) in [6.07, 6.45) is 4.15. The molecule has 1 fully saturated rings. The number of aliphatic carboxylic acids is 2. The number of thiol groups is 1. The largest absolute Gasteiger partial charge is 0.481 e. The summed E-state index contributed by atoms with van der Waals surface area (Å²) < 4.78 is 0. The van der Waals surface area contributed by atoms with E-state index in [-0.39, 0.29) is 47.8 Å². The normalized spacial score (nSPS) is 21.7. The van der Waals surface area contributed by atoms with Gasteiger partial charge in [-0.05, 0) is 73.9 Å². The second kappa shape index (κ2) is 13.5. The number of hydrogen-bond acceptors (Lipinski definition) is 5. The highest BCUT2D eigenvalue weighted by Gasteiger charge is 2.38. The van der Waals surface area contributed by atoms with Gasteiger partial charge in [0.05, 0.1) is 6.04 Å². The minimum absolute atomic E-state index is 0.0294. The first kappa shape index (κ1) is 33.2. The number of H-pyrrole nitrogens is 2. The van der Waals surface area contributed by atoms with E-state index in [1.165, 1.54) is 0 Å². The SMILES string of the molecule is CCC1=C(C)[C@@H](Cc2[nH]c(Cc3[nH]c(/C=C4\NC(=O)[C@H](C)[C@H]4[C@@H](C)S)c(C)c3CCC(=O)O)c(CCC(=O)O)c2C)NC1=O. The average molecular weight is 625 g/mol. The number of allylic oxidation sites excluding steroid dienone is 1. The maximum Gasteiger partial charge on any atom is 0.303 e. The number of carbonyl (C=O) groups is 4. The summed E-state index contributed by atoms with van der Waals surface area (Å²) in [5.74, 6) is -2.18. The van der Waals surface area contributed by atoms with Crippen LogP contribution in [0.1, 0.15) is 92.0 Å². The van der Waals surface area contributed by atoms with Crippen LogP contribution in [0.2, 0.25) is 0 Å². The summed E-state index contributed by atoms with van der Waals surface area (Å²) in [5.41, 5.74) is 9.72. The Morgan fingerprint density at radius 2 is 1.55 bits per heavy atom. The number of aromatic amines is 2. The Morgan fingerprint density at radius 1 is 0.955 bits per heavy atom. The molecule has 0 radical (unpaired) electrons. The number of nitrogens with one attached hydrogen (secondary N) is 4. The minimum Gasteiger partial charge on any atom is -0.481 e. The molecule has 6 N–H and O–H groups in total. The van der Waals surface area contributed by atoms with Gasteiger partial charge in [0.25, 0.3) is 0 Å². The van der Waals surface area contributed by atoms with E-state index in [0.717, 1.165) is 61.9 Å². The first-order chi connectivity index (χ1) is 20.7. The fourth-order valence-electron chi connectivity index (χ4n) is 6.78. The summed E-state index contributed by atoms with van der Waals surface area (Å²) in [4.78, 5) is 55.2. The van der Waals surface area contributed by atoms with Gasteiger partial charge >= 0.3 is 11.9 Å². The molecule has 2 aromatic heterocycles. The monoisotopic (exact) mass is 624 g/mol. The number of carbonyl (C=O) groups excluding carboxylic acids is 2. The highest BCUT2D eigenvalue weighted by molar-refractivity contribution is 7.80. The molecule has 11 heteroatoms. The second-order valence-electron chi connectivity index (χ2n) is 12.2. The Morgan fingerprint density at radius 3 is 2.09 bits per heavy atom. The lowest BCUT2D eigenvalue weighted by atomic mass is 9.91. The number of amides is 2. The summed E-state index contributed by atoms with van der Waals surface area (Å²) in [7, 11) is 0. The van der Waals surface area contributed by atoms with Crippen molar-refractivity contribution in [3.05, 3.63) is 61.9 Å². The maximum atomic E-state index is 12.5. The molecule has 0 aliphatic carbocycles. The molecule has 4 atom stereocenters. The van der Waals surface area contributed by atoms with Crippen LogP contribution < -0.4 is 10.6 Å². The van der Waals surface area contributed by atoms with Gasteiger partial charge < -0.3 is 30.8 Å². The molecule has 4 rings (SSSR count). The Hall–Kier alpha value is -3.73. The number of aromatic nitrogens is 2. The van der Waals surface area contributed by atoms with Crippen molar-refractivity contribution < 1.29 is 29.4 Å². The first-order valence-corrected chi connectivity index (χ1v) is 15.8. The van der Waals surface area contributed by atoms with E-state index in [1.807, 2.05) is 47.6 Å². The molecule has 2 aromatic rings. The van der Waals surface area contributed by atoms with E-state index in [1.54, 1.807) is 0 Å². The summed E-state index contributed by atoms with van der Waals surface area (Å²) >= 11 is 4.63. The van der Waals surface area contributed by atoms with E-state index in [0.29, 0.717) is 32.1 Å². The number of carboxylic acids is 2. The zero-order valence-corrected chi connectivity index (χ0v) is 27.2. The molecule has 238 valence electrons. The van der Waals surface area contributed by atoms with Crippen LogP contribution in [-0.2, 0) is 44.9 Å². The van der Waals surface area contributed by atoms with Crippen LogP contribution in [0.3, 0.4) is 0 Å². The number of rotatable bonds is 13. The van der Waals surface area contributed by atoms with Gasteiger partial charge in [-0.2, -0.15) is 12.6 Å². The van der Waals surface area contributed by atoms with Crippen LogP contribution in [0, 0.1) is 25.7 Å². The van der Waals surface area contributed by atoms with Crippen LogP contribution in [0.5, 0.6) is 0 Å². The van der Waals surface area contributed by atoms with Gasteiger partial charge in [-0.3, -0.25) is 19.2 Å². The molecule has 0 unspecified atom stereocenters. The standard InChI is InChI=1S/C33H44N4O6S/c1-7-20-15(2)25(36-33(20)43)12-23-16(3)21(8-10-29(38)39)26(34-23)14-27-22(9-11-30(40)41)17(4)24(35-27)13-28-31(19(6)44)18(5)32(42)37-28/h13,18-19,25,31,34-35,44H,7-12,14H2,1-6H3,(H,36,43)(H,37,42)(H,38,39)(H,40,41)/b28-13-/t18-,19-,25-,31+/m1/s1. The Bertz CT molecular complexity index is 1550.